The van der Waals surface area contributed by atoms with Gasteiger partial charge in [-0.15, -0.1) is 0 Å². The van der Waals surface area contributed by atoms with E-state index in [1.54, 1.807) is 6.08 Å². The lowest BCUT2D eigenvalue weighted by Gasteiger charge is -2.08. The van der Waals surface area contributed by atoms with E-state index in [0.29, 0.717) is 12.3 Å². The second-order valence-electron chi connectivity index (χ2n) is 4.16. The van der Waals surface area contributed by atoms with E-state index in [1.165, 1.54) is 6.08 Å². The molecular weight excluding hydrogens is 218 g/mol. The highest BCUT2D eigenvalue weighted by molar-refractivity contribution is 5.91. The third-order valence-corrected chi connectivity index (χ3v) is 2.69. The van der Waals surface area contributed by atoms with Gasteiger partial charge < -0.3 is 14.5 Å². The Balaban J connectivity index is 1.74. The summed E-state index contributed by atoms with van der Waals surface area (Å²) in [6, 6.07) is 3.70. The molecule has 1 aliphatic rings. The summed E-state index contributed by atoms with van der Waals surface area (Å²) in [4.78, 5) is 11.5. The normalized spacial score (nSPS) is 19.9. The second-order valence-corrected chi connectivity index (χ2v) is 4.16. The van der Waals surface area contributed by atoms with E-state index in [2.05, 4.69) is 5.32 Å². The van der Waals surface area contributed by atoms with Crippen LogP contribution in [0.1, 0.15) is 24.4 Å². The van der Waals surface area contributed by atoms with Gasteiger partial charge in [-0.1, -0.05) is 0 Å². The average molecular weight is 235 g/mol. The van der Waals surface area contributed by atoms with Crippen molar-refractivity contribution in [3.8, 4) is 0 Å². The summed E-state index contributed by atoms with van der Waals surface area (Å²) < 4.78 is 10.7. The number of amides is 1. The summed E-state index contributed by atoms with van der Waals surface area (Å²) in [6.45, 7) is 3.26. The number of rotatable bonds is 4. The summed E-state index contributed by atoms with van der Waals surface area (Å²) in [5.41, 5.74) is 0. The molecule has 4 heteroatoms. The predicted octanol–water partition coefficient (Wildman–Crippen LogP) is 1.90. The highest BCUT2D eigenvalue weighted by Crippen LogP contribution is 2.10. The van der Waals surface area contributed by atoms with E-state index in [9.17, 15) is 4.79 Å². The molecule has 1 aromatic rings. The molecule has 1 aromatic heterocycles. The number of furan rings is 1. The zero-order chi connectivity index (χ0) is 12.1. The number of hydrogen-bond acceptors (Lipinski definition) is 3. The number of nitrogens with one attached hydrogen (secondary N) is 1. The van der Waals surface area contributed by atoms with Gasteiger partial charge in [0, 0.05) is 19.2 Å². The number of hydrogen-bond donors (Lipinski definition) is 1. The molecule has 17 heavy (non-hydrogen) atoms. The van der Waals surface area contributed by atoms with Gasteiger partial charge in [0.15, 0.2) is 0 Å². The number of carbonyl (C=O) groups excluding carboxylic acids is 1. The Labute approximate surface area is 101 Å². The summed E-state index contributed by atoms with van der Waals surface area (Å²) in [7, 11) is 0. The summed E-state index contributed by atoms with van der Waals surface area (Å²) >= 11 is 0. The standard InChI is InChI=1S/C13H17NO3/c1-10-4-5-11(17-10)6-7-13(15)14-9-12-3-2-8-16-12/h4-7,12H,2-3,8-9H2,1H3,(H,14,15)/b7-6+/t12-/m0/s1. The van der Waals surface area contributed by atoms with Crippen LogP contribution in [-0.4, -0.2) is 25.2 Å². The maximum atomic E-state index is 11.5. The molecule has 1 amide bonds. The first-order valence-electron chi connectivity index (χ1n) is 5.88. The van der Waals surface area contributed by atoms with Crippen LogP contribution in [0.15, 0.2) is 22.6 Å². The van der Waals surface area contributed by atoms with Crippen molar-refractivity contribution < 1.29 is 13.9 Å². The first-order chi connectivity index (χ1) is 8.24. The Morgan fingerprint density at radius 3 is 3.12 bits per heavy atom. The summed E-state index contributed by atoms with van der Waals surface area (Å²) in [5, 5.41) is 2.81. The van der Waals surface area contributed by atoms with E-state index < -0.39 is 0 Å². The van der Waals surface area contributed by atoms with Crippen molar-refractivity contribution in [2.75, 3.05) is 13.2 Å². The Morgan fingerprint density at radius 2 is 2.47 bits per heavy atom. The molecule has 0 unspecified atom stereocenters. The van der Waals surface area contributed by atoms with Crippen LogP contribution >= 0.6 is 0 Å². The van der Waals surface area contributed by atoms with E-state index >= 15 is 0 Å². The maximum absolute atomic E-state index is 11.5. The number of carbonyl (C=O) groups is 1. The van der Waals surface area contributed by atoms with Crippen LogP contribution in [0.25, 0.3) is 6.08 Å². The Kier molecular flexibility index (Phi) is 3.98. The lowest BCUT2D eigenvalue weighted by molar-refractivity contribution is -0.116. The molecule has 2 heterocycles. The van der Waals surface area contributed by atoms with Gasteiger partial charge in [0.05, 0.1) is 6.10 Å². The van der Waals surface area contributed by atoms with E-state index in [4.69, 9.17) is 9.15 Å². The molecule has 1 fully saturated rings. The second kappa shape index (κ2) is 5.68. The molecule has 0 bridgehead atoms. The van der Waals surface area contributed by atoms with E-state index in [1.807, 2.05) is 19.1 Å². The van der Waals surface area contributed by atoms with Crippen molar-refractivity contribution in [2.45, 2.75) is 25.9 Å². The van der Waals surface area contributed by atoms with Crippen molar-refractivity contribution in [1.82, 2.24) is 5.32 Å². The first-order valence-corrected chi connectivity index (χ1v) is 5.88. The topological polar surface area (TPSA) is 51.5 Å². The molecule has 1 saturated heterocycles. The first kappa shape index (κ1) is 11.9. The van der Waals surface area contributed by atoms with Crippen molar-refractivity contribution in [3.63, 3.8) is 0 Å². The molecule has 1 atom stereocenters. The fourth-order valence-corrected chi connectivity index (χ4v) is 1.78. The zero-order valence-electron chi connectivity index (χ0n) is 9.94. The molecule has 0 aliphatic carbocycles. The highest BCUT2D eigenvalue weighted by Gasteiger charge is 2.15. The van der Waals surface area contributed by atoms with Gasteiger partial charge >= 0.3 is 0 Å². The van der Waals surface area contributed by atoms with Gasteiger partial charge in [0.1, 0.15) is 11.5 Å². The van der Waals surface area contributed by atoms with Crippen LogP contribution in [0.4, 0.5) is 0 Å². The Morgan fingerprint density at radius 1 is 1.59 bits per heavy atom. The van der Waals surface area contributed by atoms with Crippen molar-refractivity contribution in [1.29, 1.82) is 0 Å². The van der Waals surface area contributed by atoms with Gasteiger partial charge in [0.25, 0.3) is 0 Å². The minimum absolute atomic E-state index is 0.116. The molecule has 0 radical (unpaired) electrons. The molecule has 4 nitrogen and oxygen atoms in total. The fourth-order valence-electron chi connectivity index (χ4n) is 1.78. The lowest BCUT2D eigenvalue weighted by atomic mass is 10.2. The van der Waals surface area contributed by atoms with Gasteiger partial charge in [0.2, 0.25) is 5.91 Å². The number of ether oxygens (including phenoxy) is 1. The largest absolute Gasteiger partial charge is 0.462 e. The van der Waals surface area contributed by atoms with Crippen LogP contribution in [0.2, 0.25) is 0 Å². The van der Waals surface area contributed by atoms with Gasteiger partial charge in [-0.25, -0.2) is 0 Å². The van der Waals surface area contributed by atoms with Crippen LogP contribution in [0.5, 0.6) is 0 Å². The molecule has 92 valence electrons. The molecular formula is C13H17NO3. The smallest absolute Gasteiger partial charge is 0.244 e. The van der Waals surface area contributed by atoms with Gasteiger partial charge in [-0.05, 0) is 38.0 Å². The molecule has 0 spiro atoms. The number of aryl methyl sites for hydroxylation is 1. The summed E-state index contributed by atoms with van der Waals surface area (Å²) in [5.74, 6) is 1.41. The van der Waals surface area contributed by atoms with Crippen LogP contribution in [0.3, 0.4) is 0 Å². The predicted molar refractivity (Wildman–Crippen MR) is 64.5 cm³/mol. The van der Waals surface area contributed by atoms with E-state index in [0.717, 1.165) is 25.2 Å². The third kappa shape index (κ3) is 3.75. The van der Waals surface area contributed by atoms with Crippen LogP contribution < -0.4 is 5.32 Å². The van der Waals surface area contributed by atoms with Crippen LogP contribution in [-0.2, 0) is 9.53 Å². The maximum Gasteiger partial charge on any atom is 0.244 e. The fraction of sp³-hybridized carbons (Fsp3) is 0.462. The monoisotopic (exact) mass is 235 g/mol. The minimum Gasteiger partial charge on any atom is -0.462 e. The minimum atomic E-state index is -0.116. The SMILES string of the molecule is Cc1ccc(/C=C/C(=O)NC[C@@H]2CCCO2)o1. The molecule has 2 rings (SSSR count). The van der Waals surface area contributed by atoms with Gasteiger partial charge in [-0.3, -0.25) is 4.79 Å². The van der Waals surface area contributed by atoms with Gasteiger partial charge in [-0.2, -0.15) is 0 Å². The zero-order valence-corrected chi connectivity index (χ0v) is 9.94. The van der Waals surface area contributed by atoms with E-state index in [-0.39, 0.29) is 12.0 Å². The summed E-state index contributed by atoms with van der Waals surface area (Å²) in [6.07, 6.45) is 5.44. The van der Waals surface area contributed by atoms with Crippen molar-refractivity contribution >= 4 is 12.0 Å². The van der Waals surface area contributed by atoms with Crippen molar-refractivity contribution in [3.05, 3.63) is 29.7 Å². The highest BCUT2D eigenvalue weighted by atomic mass is 16.5. The third-order valence-electron chi connectivity index (χ3n) is 2.69. The Bertz CT molecular complexity index is 403. The Hall–Kier alpha value is -1.55. The molecule has 1 N–H and O–H groups in total. The molecule has 0 aromatic carbocycles. The lowest BCUT2D eigenvalue weighted by Crippen LogP contribution is -2.30. The van der Waals surface area contributed by atoms with Crippen molar-refractivity contribution in [2.24, 2.45) is 0 Å². The molecule has 1 aliphatic heterocycles. The average Bonchev–Trinajstić information content (AvgIpc) is 2.95. The quantitative estimate of drug-likeness (QED) is 0.811. The molecule has 0 saturated carbocycles. The van der Waals surface area contributed by atoms with Crippen LogP contribution in [0, 0.1) is 6.92 Å².